The van der Waals surface area contributed by atoms with E-state index in [9.17, 15) is 14.4 Å². The Labute approximate surface area is 190 Å². The Morgan fingerprint density at radius 3 is 2.70 bits per heavy atom. The number of rotatable bonds is 4. The topological polar surface area (TPSA) is 91.0 Å². The van der Waals surface area contributed by atoms with E-state index >= 15 is 0 Å². The second kappa shape index (κ2) is 8.10. The molecule has 0 radical (unpaired) electrons. The lowest BCUT2D eigenvalue weighted by Gasteiger charge is -2.42. The van der Waals surface area contributed by atoms with E-state index < -0.39 is 5.63 Å². The van der Waals surface area contributed by atoms with E-state index in [1.807, 2.05) is 22.5 Å². The van der Waals surface area contributed by atoms with Crippen LogP contribution in [0.5, 0.6) is 11.5 Å². The number of carbonyl (C=O) groups excluding carboxylic acids is 1. The third kappa shape index (κ3) is 3.59. The summed E-state index contributed by atoms with van der Waals surface area (Å²) in [6, 6.07) is 8.70. The number of ether oxygens (including phenoxy) is 2. The van der Waals surface area contributed by atoms with Crippen molar-refractivity contribution in [2.45, 2.75) is 32.2 Å². The molecule has 1 amide bonds. The second-order valence-corrected chi connectivity index (χ2v) is 8.87. The average Bonchev–Trinajstić information content (AvgIpc) is 2.81. The number of fused-ring (bicyclic) bond motifs is 5. The van der Waals surface area contributed by atoms with E-state index in [2.05, 4.69) is 0 Å². The first-order valence-electron chi connectivity index (χ1n) is 11.1. The van der Waals surface area contributed by atoms with Crippen LogP contribution in [0.3, 0.4) is 0 Å². The van der Waals surface area contributed by atoms with Gasteiger partial charge in [0.05, 0.1) is 31.6 Å². The highest BCUT2D eigenvalue weighted by molar-refractivity contribution is 5.90. The molecule has 1 saturated heterocycles. The number of piperidine rings is 1. The van der Waals surface area contributed by atoms with Gasteiger partial charge < -0.3 is 23.4 Å². The van der Waals surface area contributed by atoms with Gasteiger partial charge in [-0.2, -0.15) is 0 Å². The van der Waals surface area contributed by atoms with Crippen LogP contribution < -0.4 is 20.7 Å². The summed E-state index contributed by atoms with van der Waals surface area (Å²) in [6.07, 6.45) is 0.920. The highest BCUT2D eigenvalue weighted by atomic mass is 16.5. The second-order valence-electron chi connectivity index (χ2n) is 8.87. The number of hydrogen-bond donors (Lipinski definition) is 0. The summed E-state index contributed by atoms with van der Waals surface area (Å²) in [5, 5.41) is 0.657. The number of methoxy groups -OCH3 is 2. The third-order valence-electron chi connectivity index (χ3n) is 6.93. The van der Waals surface area contributed by atoms with Gasteiger partial charge in [0, 0.05) is 49.4 Å². The molecule has 8 nitrogen and oxygen atoms in total. The molecule has 33 heavy (non-hydrogen) atoms. The van der Waals surface area contributed by atoms with Crippen LogP contribution in [0.1, 0.15) is 29.2 Å². The minimum atomic E-state index is -0.530. The molecule has 3 aromatic rings. The van der Waals surface area contributed by atoms with Gasteiger partial charge in [0.2, 0.25) is 5.91 Å². The summed E-state index contributed by atoms with van der Waals surface area (Å²) in [5.74, 6) is 1.27. The fourth-order valence-corrected chi connectivity index (χ4v) is 5.33. The van der Waals surface area contributed by atoms with E-state index in [4.69, 9.17) is 13.9 Å². The fraction of sp³-hybridized carbons (Fsp3) is 0.400. The lowest BCUT2D eigenvalue weighted by Crippen LogP contribution is -2.49. The van der Waals surface area contributed by atoms with E-state index in [-0.39, 0.29) is 29.7 Å². The summed E-state index contributed by atoms with van der Waals surface area (Å²) >= 11 is 0. The first-order chi connectivity index (χ1) is 15.9. The Morgan fingerprint density at radius 2 is 1.94 bits per heavy atom. The van der Waals surface area contributed by atoms with Gasteiger partial charge in [0.1, 0.15) is 17.1 Å². The van der Waals surface area contributed by atoms with Crippen LogP contribution >= 0.6 is 0 Å². The van der Waals surface area contributed by atoms with Gasteiger partial charge in [-0.3, -0.25) is 9.59 Å². The Kier molecular flexibility index (Phi) is 5.23. The molecule has 2 bridgehead atoms. The zero-order valence-corrected chi connectivity index (χ0v) is 18.9. The minimum Gasteiger partial charge on any atom is -0.496 e. The van der Waals surface area contributed by atoms with Crippen molar-refractivity contribution in [2.75, 3.05) is 27.3 Å². The molecular formula is C25H26N2O6. The van der Waals surface area contributed by atoms with Gasteiger partial charge >= 0.3 is 5.63 Å². The molecule has 172 valence electrons. The molecule has 1 aromatic carbocycles. The number of benzene rings is 1. The Bertz CT molecular complexity index is 1370. The van der Waals surface area contributed by atoms with Gasteiger partial charge in [-0.15, -0.1) is 0 Å². The van der Waals surface area contributed by atoms with E-state index in [1.54, 1.807) is 31.4 Å². The van der Waals surface area contributed by atoms with E-state index in [1.165, 1.54) is 7.11 Å². The van der Waals surface area contributed by atoms with Gasteiger partial charge in [0.15, 0.2) is 0 Å². The molecule has 8 heteroatoms. The Balaban J connectivity index is 1.45. The molecule has 4 heterocycles. The molecule has 1 fully saturated rings. The number of hydrogen-bond acceptors (Lipinski definition) is 6. The molecule has 0 saturated carbocycles. The van der Waals surface area contributed by atoms with Crippen molar-refractivity contribution in [1.29, 1.82) is 0 Å². The molecule has 5 rings (SSSR count). The molecule has 2 aliphatic rings. The first-order valence-corrected chi connectivity index (χ1v) is 11.1. The molecule has 2 aliphatic heterocycles. The first kappa shape index (κ1) is 21.3. The molecule has 0 unspecified atom stereocenters. The summed E-state index contributed by atoms with van der Waals surface area (Å²) in [6.45, 7) is 3.54. The predicted octanol–water partition coefficient (Wildman–Crippen LogP) is 2.47. The summed E-state index contributed by atoms with van der Waals surface area (Å²) in [7, 11) is 3.07. The lowest BCUT2D eigenvalue weighted by atomic mass is 9.83. The van der Waals surface area contributed by atoms with Crippen LogP contribution in [0.4, 0.5) is 0 Å². The highest BCUT2D eigenvalue weighted by Gasteiger charge is 2.36. The summed E-state index contributed by atoms with van der Waals surface area (Å²) in [4.78, 5) is 40.2. The van der Waals surface area contributed by atoms with Crippen LogP contribution in [-0.2, 0) is 17.8 Å². The van der Waals surface area contributed by atoms with Crippen molar-refractivity contribution in [2.24, 2.45) is 5.92 Å². The van der Waals surface area contributed by atoms with Crippen LogP contribution in [-0.4, -0.2) is 42.7 Å². The maximum atomic E-state index is 13.3. The number of pyridine rings is 1. The van der Waals surface area contributed by atoms with Gasteiger partial charge in [0.25, 0.3) is 5.56 Å². The standard InChI is InChI=1S/C25H26N2O6/c1-14-18(25(30)33-21-9-17(31-2)8-20(32-3)24(14)21)10-23(29)26-11-15-7-16(13-26)19-5-4-6-22(28)27(19)12-15/h4-6,8-9,15-16H,7,10-13H2,1-3H3/t15-,16-/m0/s1. The van der Waals surface area contributed by atoms with Crippen LogP contribution in [0.15, 0.2) is 44.3 Å². The van der Waals surface area contributed by atoms with Gasteiger partial charge in [-0.25, -0.2) is 4.79 Å². The molecular weight excluding hydrogens is 424 g/mol. The summed E-state index contributed by atoms with van der Waals surface area (Å²) < 4.78 is 18.2. The largest absolute Gasteiger partial charge is 0.496 e. The van der Waals surface area contributed by atoms with Crippen molar-refractivity contribution in [3.63, 3.8) is 0 Å². The van der Waals surface area contributed by atoms with E-state index in [0.29, 0.717) is 53.2 Å². The molecule has 0 aliphatic carbocycles. The number of likely N-dealkylation sites (tertiary alicyclic amines) is 1. The average molecular weight is 450 g/mol. The Hall–Kier alpha value is -3.55. The normalized spacial score (nSPS) is 19.3. The maximum Gasteiger partial charge on any atom is 0.340 e. The quantitative estimate of drug-likeness (QED) is 0.567. The van der Waals surface area contributed by atoms with Crippen molar-refractivity contribution >= 4 is 16.9 Å². The molecule has 0 spiro atoms. The van der Waals surface area contributed by atoms with Gasteiger partial charge in [-0.05, 0) is 30.9 Å². The smallest absolute Gasteiger partial charge is 0.340 e. The van der Waals surface area contributed by atoms with Crippen molar-refractivity contribution in [1.82, 2.24) is 9.47 Å². The van der Waals surface area contributed by atoms with Crippen LogP contribution in [0, 0.1) is 12.8 Å². The monoisotopic (exact) mass is 450 g/mol. The molecule has 2 aromatic heterocycles. The van der Waals surface area contributed by atoms with Crippen LogP contribution in [0.25, 0.3) is 11.0 Å². The fourth-order valence-electron chi connectivity index (χ4n) is 5.33. The van der Waals surface area contributed by atoms with Crippen LogP contribution in [0.2, 0.25) is 0 Å². The SMILES string of the molecule is COc1cc(OC)c2c(C)c(CC(=O)N3C[C@@H]4C[C@@H](C3)c3cccc(=O)n3C4)c(=O)oc2c1. The van der Waals surface area contributed by atoms with Crippen molar-refractivity contribution < 1.29 is 18.7 Å². The predicted molar refractivity (Wildman–Crippen MR) is 122 cm³/mol. The zero-order chi connectivity index (χ0) is 23.3. The van der Waals surface area contributed by atoms with Crippen molar-refractivity contribution in [3.8, 4) is 11.5 Å². The minimum absolute atomic E-state index is 0.0111. The lowest BCUT2D eigenvalue weighted by molar-refractivity contribution is -0.133. The van der Waals surface area contributed by atoms with Crippen molar-refractivity contribution in [3.05, 3.63) is 67.9 Å². The highest BCUT2D eigenvalue weighted by Crippen LogP contribution is 2.36. The zero-order valence-electron chi connectivity index (χ0n) is 18.9. The molecule has 2 atom stereocenters. The number of aryl methyl sites for hydroxylation is 1. The van der Waals surface area contributed by atoms with Gasteiger partial charge in [-0.1, -0.05) is 6.07 Å². The maximum absolute atomic E-state index is 13.3. The van der Waals surface area contributed by atoms with E-state index in [0.717, 1.165) is 12.1 Å². The Morgan fingerprint density at radius 1 is 1.12 bits per heavy atom. The number of amides is 1. The molecule has 0 N–H and O–H groups in total. The summed E-state index contributed by atoms with van der Waals surface area (Å²) in [5.41, 5.74) is 1.83. The third-order valence-corrected chi connectivity index (χ3v) is 6.93. The number of carbonyl (C=O) groups is 1. The number of aromatic nitrogens is 1. The number of nitrogens with zero attached hydrogens (tertiary/aromatic N) is 2.